The monoisotopic (exact) mass is 243 g/mol. The van der Waals surface area contributed by atoms with E-state index in [1.54, 1.807) is 0 Å². The summed E-state index contributed by atoms with van der Waals surface area (Å²) in [6, 6.07) is 0.537. The van der Waals surface area contributed by atoms with E-state index in [1.165, 1.54) is 0 Å². The normalized spacial score (nSPS) is 11.5. The van der Waals surface area contributed by atoms with Crippen molar-refractivity contribution in [2.45, 2.75) is 40.2 Å². The van der Waals surface area contributed by atoms with Crippen molar-refractivity contribution >= 4 is 5.91 Å². The smallest absolute Gasteiger partial charge is 0.234 e. The molecule has 0 heterocycles. The van der Waals surface area contributed by atoms with Crippen LogP contribution >= 0.6 is 0 Å². The van der Waals surface area contributed by atoms with Crippen LogP contribution in [-0.2, 0) is 4.79 Å². The van der Waals surface area contributed by atoms with Crippen LogP contribution in [0.4, 0.5) is 0 Å². The van der Waals surface area contributed by atoms with Gasteiger partial charge in [0.05, 0.1) is 6.54 Å². The predicted molar refractivity (Wildman–Crippen MR) is 73.1 cm³/mol. The molecule has 0 aromatic heterocycles. The Hall–Kier alpha value is -0.610. The Morgan fingerprint density at radius 3 is 2.41 bits per heavy atom. The molecular formula is C13H29N3O. The Morgan fingerprint density at radius 1 is 1.24 bits per heavy atom. The van der Waals surface area contributed by atoms with Crippen LogP contribution in [0.25, 0.3) is 0 Å². The molecule has 102 valence electrons. The van der Waals surface area contributed by atoms with Crippen molar-refractivity contribution in [1.82, 2.24) is 15.5 Å². The molecular weight excluding hydrogens is 214 g/mol. The van der Waals surface area contributed by atoms with Crippen LogP contribution in [0.2, 0.25) is 0 Å². The molecule has 0 aliphatic carbocycles. The summed E-state index contributed by atoms with van der Waals surface area (Å²) in [6.45, 7) is 11.7. The fourth-order valence-electron chi connectivity index (χ4n) is 1.44. The molecule has 0 aliphatic heterocycles. The molecule has 0 aliphatic rings. The van der Waals surface area contributed by atoms with Crippen LogP contribution < -0.4 is 10.6 Å². The molecule has 0 aromatic carbocycles. The Kier molecular flexibility index (Phi) is 9.09. The first-order valence-electron chi connectivity index (χ1n) is 6.60. The summed E-state index contributed by atoms with van der Waals surface area (Å²) in [6.07, 6.45) is 1.08. The minimum atomic E-state index is 0.123. The average Bonchev–Trinajstić information content (AvgIpc) is 2.21. The molecule has 4 nitrogen and oxygen atoms in total. The summed E-state index contributed by atoms with van der Waals surface area (Å²) in [5.41, 5.74) is 0. The Bertz CT molecular complexity index is 205. The summed E-state index contributed by atoms with van der Waals surface area (Å²) in [5, 5.41) is 6.29. The van der Waals surface area contributed by atoms with Gasteiger partial charge in [0.25, 0.3) is 0 Å². The van der Waals surface area contributed by atoms with Crippen LogP contribution in [0, 0.1) is 5.92 Å². The topological polar surface area (TPSA) is 44.4 Å². The minimum Gasteiger partial charge on any atom is -0.355 e. The molecule has 2 N–H and O–H groups in total. The number of nitrogens with one attached hydrogen (secondary N) is 2. The van der Waals surface area contributed by atoms with Gasteiger partial charge in [-0.3, -0.25) is 9.69 Å². The van der Waals surface area contributed by atoms with Gasteiger partial charge in [0.1, 0.15) is 0 Å². The molecule has 17 heavy (non-hydrogen) atoms. The predicted octanol–water partition coefficient (Wildman–Crippen LogP) is 1.08. The number of carbonyl (C=O) groups excluding carboxylic acids is 1. The number of nitrogens with zero attached hydrogens (tertiary/aromatic N) is 1. The average molecular weight is 243 g/mol. The highest BCUT2D eigenvalue weighted by atomic mass is 16.2. The number of hydrogen-bond acceptors (Lipinski definition) is 3. The Balaban J connectivity index is 3.50. The van der Waals surface area contributed by atoms with Gasteiger partial charge in [0.15, 0.2) is 0 Å². The summed E-state index contributed by atoms with van der Waals surface area (Å²) >= 11 is 0. The summed E-state index contributed by atoms with van der Waals surface area (Å²) in [7, 11) is 1.99. The fourth-order valence-corrected chi connectivity index (χ4v) is 1.44. The van der Waals surface area contributed by atoms with Crippen molar-refractivity contribution in [3.8, 4) is 0 Å². The maximum Gasteiger partial charge on any atom is 0.234 e. The van der Waals surface area contributed by atoms with Gasteiger partial charge in [-0.05, 0) is 32.5 Å². The lowest BCUT2D eigenvalue weighted by molar-refractivity contribution is -0.122. The van der Waals surface area contributed by atoms with Gasteiger partial charge in [-0.2, -0.15) is 0 Å². The van der Waals surface area contributed by atoms with Gasteiger partial charge in [0.2, 0.25) is 5.91 Å². The van der Waals surface area contributed by atoms with Gasteiger partial charge >= 0.3 is 0 Å². The molecule has 0 rings (SSSR count). The third-order valence-electron chi connectivity index (χ3n) is 2.39. The number of rotatable bonds is 9. The van der Waals surface area contributed by atoms with E-state index in [2.05, 4.69) is 43.2 Å². The molecule has 0 spiro atoms. The van der Waals surface area contributed by atoms with E-state index in [4.69, 9.17) is 0 Å². The first-order chi connectivity index (χ1) is 7.91. The standard InChI is InChI=1S/C13H29N3O/c1-11(2)9-15-13(17)10-16(5)8-6-7-14-12(3)4/h11-12,14H,6-10H2,1-5H3,(H,15,17). The van der Waals surface area contributed by atoms with E-state index in [1.807, 2.05) is 7.05 Å². The molecule has 1 amide bonds. The van der Waals surface area contributed by atoms with Crippen molar-refractivity contribution < 1.29 is 4.79 Å². The highest BCUT2D eigenvalue weighted by molar-refractivity contribution is 5.77. The molecule has 0 radical (unpaired) electrons. The van der Waals surface area contributed by atoms with Crippen LogP contribution in [0.5, 0.6) is 0 Å². The number of carbonyl (C=O) groups is 1. The molecule has 0 bridgehead atoms. The Labute approximate surface area is 106 Å². The quantitative estimate of drug-likeness (QED) is 0.596. The lowest BCUT2D eigenvalue weighted by Crippen LogP contribution is -2.37. The number of amides is 1. The highest BCUT2D eigenvalue weighted by Crippen LogP contribution is 1.90. The van der Waals surface area contributed by atoms with E-state index < -0.39 is 0 Å². The third-order valence-corrected chi connectivity index (χ3v) is 2.39. The van der Waals surface area contributed by atoms with E-state index in [9.17, 15) is 4.79 Å². The van der Waals surface area contributed by atoms with Crippen LogP contribution in [0.1, 0.15) is 34.1 Å². The maximum atomic E-state index is 11.5. The highest BCUT2D eigenvalue weighted by Gasteiger charge is 2.06. The summed E-state index contributed by atoms with van der Waals surface area (Å²) in [5.74, 6) is 0.637. The summed E-state index contributed by atoms with van der Waals surface area (Å²) in [4.78, 5) is 13.6. The zero-order valence-electron chi connectivity index (χ0n) is 12.0. The van der Waals surface area contributed by atoms with Gasteiger partial charge in [-0.25, -0.2) is 0 Å². The first-order valence-corrected chi connectivity index (χ1v) is 6.60. The molecule has 0 saturated heterocycles. The van der Waals surface area contributed by atoms with Crippen molar-refractivity contribution in [1.29, 1.82) is 0 Å². The third kappa shape index (κ3) is 11.6. The second-order valence-electron chi connectivity index (χ2n) is 5.40. The molecule has 0 saturated carbocycles. The van der Waals surface area contributed by atoms with E-state index in [0.717, 1.165) is 26.1 Å². The van der Waals surface area contributed by atoms with Crippen LogP contribution in [0.3, 0.4) is 0 Å². The Morgan fingerprint density at radius 2 is 1.88 bits per heavy atom. The first kappa shape index (κ1) is 16.4. The zero-order valence-corrected chi connectivity index (χ0v) is 12.0. The molecule has 0 fully saturated rings. The van der Waals surface area contributed by atoms with Crippen LogP contribution in [0.15, 0.2) is 0 Å². The van der Waals surface area contributed by atoms with Gasteiger partial charge < -0.3 is 10.6 Å². The maximum absolute atomic E-state index is 11.5. The van der Waals surface area contributed by atoms with Crippen LogP contribution in [-0.4, -0.2) is 50.1 Å². The second kappa shape index (κ2) is 9.42. The number of likely N-dealkylation sites (N-methyl/N-ethyl adjacent to an activating group) is 1. The van der Waals surface area contributed by atoms with Crippen molar-refractivity contribution in [2.24, 2.45) is 5.92 Å². The second-order valence-corrected chi connectivity index (χ2v) is 5.40. The molecule has 4 heteroatoms. The lowest BCUT2D eigenvalue weighted by Gasteiger charge is -2.17. The van der Waals surface area contributed by atoms with Gasteiger partial charge in [0, 0.05) is 12.6 Å². The van der Waals surface area contributed by atoms with Gasteiger partial charge in [-0.15, -0.1) is 0 Å². The lowest BCUT2D eigenvalue weighted by atomic mass is 10.2. The van der Waals surface area contributed by atoms with Crippen molar-refractivity contribution in [3.05, 3.63) is 0 Å². The van der Waals surface area contributed by atoms with E-state index >= 15 is 0 Å². The molecule has 0 unspecified atom stereocenters. The largest absolute Gasteiger partial charge is 0.355 e. The van der Waals surface area contributed by atoms with Crippen molar-refractivity contribution in [2.75, 3.05) is 33.2 Å². The SMILES string of the molecule is CC(C)CNC(=O)CN(C)CCCNC(C)C. The van der Waals surface area contributed by atoms with Gasteiger partial charge in [-0.1, -0.05) is 27.7 Å². The van der Waals surface area contributed by atoms with E-state index in [0.29, 0.717) is 18.5 Å². The summed E-state index contributed by atoms with van der Waals surface area (Å²) < 4.78 is 0. The molecule has 0 aromatic rings. The minimum absolute atomic E-state index is 0.123. The van der Waals surface area contributed by atoms with Crippen molar-refractivity contribution in [3.63, 3.8) is 0 Å². The molecule has 0 atom stereocenters. The van der Waals surface area contributed by atoms with E-state index in [-0.39, 0.29) is 5.91 Å². The number of hydrogen-bond donors (Lipinski definition) is 2. The fraction of sp³-hybridized carbons (Fsp3) is 0.923. The zero-order chi connectivity index (χ0) is 13.3.